The number of rotatable bonds is 4. The van der Waals surface area contributed by atoms with Gasteiger partial charge in [-0.3, -0.25) is 0 Å². The zero-order chi connectivity index (χ0) is 13.9. The summed E-state index contributed by atoms with van der Waals surface area (Å²) in [5, 5.41) is 3.28. The summed E-state index contributed by atoms with van der Waals surface area (Å²) in [7, 11) is -3.45. The van der Waals surface area contributed by atoms with Crippen molar-refractivity contribution in [2.75, 3.05) is 19.6 Å². The second-order valence-electron chi connectivity index (χ2n) is 4.64. The molecule has 106 valence electrons. The van der Waals surface area contributed by atoms with Crippen molar-refractivity contribution in [1.82, 2.24) is 10.0 Å². The molecule has 1 aliphatic rings. The van der Waals surface area contributed by atoms with Crippen LogP contribution >= 0.6 is 31.9 Å². The van der Waals surface area contributed by atoms with E-state index in [1.807, 2.05) is 0 Å². The molecule has 1 aromatic carbocycles. The topological polar surface area (TPSA) is 58.2 Å². The third kappa shape index (κ3) is 4.26. The zero-order valence-electron chi connectivity index (χ0n) is 10.3. The Kier molecular flexibility index (Phi) is 5.42. The van der Waals surface area contributed by atoms with Gasteiger partial charge in [0.05, 0.1) is 4.90 Å². The third-order valence-electron chi connectivity index (χ3n) is 3.14. The first kappa shape index (κ1) is 15.4. The molecule has 1 atom stereocenters. The molecule has 0 amide bonds. The van der Waals surface area contributed by atoms with E-state index in [4.69, 9.17) is 0 Å². The van der Waals surface area contributed by atoms with Crippen molar-refractivity contribution in [2.24, 2.45) is 5.92 Å². The van der Waals surface area contributed by atoms with E-state index >= 15 is 0 Å². The summed E-state index contributed by atoms with van der Waals surface area (Å²) in [6.45, 7) is 2.39. The predicted octanol–water partition coefficient (Wildman–Crippen LogP) is 2.49. The molecule has 4 nitrogen and oxygen atoms in total. The van der Waals surface area contributed by atoms with Gasteiger partial charge in [-0.2, -0.15) is 0 Å². The molecule has 2 N–H and O–H groups in total. The largest absolute Gasteiger partial charge is 0.316 e. The Balaban J connectivity index is 2.05. The summed E-state index contributed by atoms with van der Waals surface area (Å²) in [6, 6.07) is 5.05. The standard InChI is InChI=1S/C12H16Br2N2O2S/c13-10-3-4-12(11(14)6-10)19(17,18)16-8-9-2-1-5-15-7-9/h3-4,6,9,15-16H,1-2,5,7-8H2. The smallest absolute Gasteiger partial charge is 0.241 e. The molecule has 1 aliphatic heterocycles. The van der Waals surface area contributed by atoms with Gasteiger partial charge in [0, 0.05) is 15.5 Å². The molecule has 0 saturated carbocycles. The summed E-state index contributed by atoms with van der Waals surface area (Å²) in [6.07, 6.45) is 2.17. The highest BCUT2D eigenvalue weighted by Crippen LogP contribution is 2.25. The molecular weight excluding hydrogens is 396 g/mol. The van der Waals surface area contributed by atoms with Crippen LogP contribution < -0.4 is 10.0 Å². The van der Waals surface area contributed by atoms with E-state index in [0.29, 0.717) is 16.9 Å². The average molecular weight is 412 g/mol. The van der Waals surface area contributed by atoms with Crippen molar-refractivity contribution in [2.45, 2.75) is 17.7 Å². The van der Waals surface area contributed by atoms with E-state index < -0.39 is 10.0 Å². The van der Waals surface area contributed by atoms with Crippen LogP contribution in [0.3, 0.4) is 0 Å². The van der Waals surface area contributed by atoms with Crippen molar-refractivity contribution >= 4 is 41.9 Å². The van der Waals surface area contributed by atoms with E-state index in [1.165, 1.54) is 0 Å². The SMILES string of the molecule is O=S(=O)(NCC1CCCNC1)c1ccc(Br)cc1Br. The normalized spacial score (nSPS) is 20.4. The number of piperidine rings is 1. The first-order valence-electron chi connectivity index (χ1n) is 6.14. The maximum Gasteiger partial charge on any atom is 0.241 e. The first-order valence-corrected chi connectivity index (χ1v) is 9.21. The Bertz CT molecular complexity index is 543. The minimum atomic E-state index is -3.45. The van der Waals surface area contributed by atoms with Crippen LogP contribution in [0.1, 0.15) is 12.8 Å². The molecule has 0 aliphatic carbocycles. The number of sulfonamides is 1. The Morgan fingerprint density at radius 3 is 2.79 bits per heavy atom. The number of benzene rings is 1. The minimum Gasteiger partial charge on any atom is -0.316 e. The van der Waals surface area contributed by atoms with Crippen molar-refractivity contribution in [3.8, 4) is 0 Å². The first-order chi connectivity index (χ1) is 8.99. The van der Waals surface area contributed by atoms with Crippen LogP contribution in [-0.2, 0) is 10.0 Å². The van der Waals surface area contributed by atoms with Crippen LogP contribution in [-0.4, -0.2) is 28.1 Å². The van der Waals surface area contributed by atoms with Crippen LogP contribution in [0.2, 0.25) is 0 Å². The quantitative estimate of drug-likeness (QED) is 0.800. The predicted molar refractivity (Wildman–Crippen MR) is 82.6 cm³/mol. The fourth-order valence-electron chi connectivity index (χ4n) is 2.10. The lowest BCUT2D eigenvalue weighted by Crippen LogP contribution is -2.38. The van der Waals surface area contributed by atoms with Crippen molar-refractivity contribution in [3.63, 3.8) is 0 Å². The van der Waals surface area contributed by atoms with Gasteiger partial charge in [-0.25, -0.2) is 13.1 Å². The third-order valence-corrected chi connectivity index (χ3v) is 6.04. The van der Waals surface area contributed by atoms with E-state index in [1.54, 1.807) is 18.2 Å². The van der Waals surface area contributed by atoms with Gasteiger partial charge >= 0.3 is 0 Å². The summed E-state index contributed by atoms with van der Waals surface area (Å²) in [5.41, 5.74) is 0. The lowest BCUT2D eigenvalue weighted by molar-refractivity contribution is 0.376. The number of halogens is 2. The van der Waals surface area contributed by atoms with E-state index in [2.05, 4.69) is 41.9 Å². The highest BCUT2D eigenvalue weighted by atomic mass is 79.9. The van der Waals surface area contributed by atoms with Crippen LogP contribution in [0.15, 0.2) is 32.0 Å². The van der Waals surface area contributed by atoms with Crippen LogP contribution in [0.4, 0.5) is 0 Å². The maximum absolute atomic E-state index is 12.2. The van der Waals surface area contributed by atoms with E-state index in [0.717, 1.165) is 30.4 Å². The lowest BCUT2D eigenvalue weighted by atomic mass is 10.0. The van der Waals surface area contributed by atoms with Gasteiger partial charge in [0.1, 0.15) is 0 Å². The van der Waals surface area contributed by atoms with E-state index in [9.17, 15) is 8.42 Å². The molecule has 1 unspecified atom stereocenters. The highest BCUT2D eigenvalue weighted by Gasteiger charge is 2.20. The monoisotopic (exact) mass is 410 g/mol. The van der Waals surface area contributed by atoms with Gasteiger partial charge < -0.3 is 5.32 Å². The lowest BCUT2D eigenvalue weighted by Gasteiger charge is -2.22. The molecular formula is C12H16Br2N2O2S. The zero-order valence-corrected chi connectivity index (χ0v) is 14.3. The van der Waals surface area contributed by atoms with Gasteiger partial charge in [-0.05, 0) is 66.0 Å². The maximum atomic E-state index is 12.2. The van der Waals surface area contributed by atoms with Crippen molar-refractivity contribution in [1.29, 1.82) is 0 Å². The Morgan fingerprint density at radius 2 is 2.16 bits per heavy atom. The van der Waals surface area contributed by atoms with Gasteiger partial charge in [0.2, 0.25) is 10.0 Å². The fraction of sp³-hybridized carbons (Fsp3) is 0.500. The van der Waals surface area contributed by atoms with Crippen molar-refractivity contribution < 1.29 is 8.42 Å². The molecule has 19 heavy (non-hydrogen) atoms. The number of hydrogen-bond acceptors (Lipinski definition) is 3. The molecule has 0 spiro atoms. The molecule has 0 aromatic heterocycles. The molecule has 1 saturated heterocycles. The van der Waals surface area contributed by atoms with Gasteiger partial charge in [0.25, 0.3) is 0 Å². The molecule has 2 rings (SSSR count). The molecule has 7 heteroatoms. The van der Waals surface area contributed by atoms with Crippen LogP contribution in [0, 0.1) is 5.92 Å². The van der Waals surface area contributed by atoms with E-state index in [-0.39, 0.29) is 4.90 Å². The molecule has 0 bridgehead atoms. The summed E-state index contributed by atoms with van der Waals surface area (Å²) >= 11 is 6.60. The summed E-state index contributed by atoms with van der Waals surface area (Å²) in [4.78, 5) is 0.277. The Labute approximate surface area is 130 Å². The fourth-order valence-corrected chi connectivity index (χ4v) is 4.96. The van der Waals surface area contributed by atoms with Gasteiger partial charge in [-0.1, -0.05) is 15.9 Å². The minimum absolute atomic E-state index is 0.277. The summed E-state index contributed by atoms with van der Waals surface area (Å²) in [5.74, 6) is 0.373. The molecule has 1 heterocycles. The Hall–Kier alpha value is 0.0500. The molecule has 1 fully saturated rings. The molecule has 0 radical (unpaired) electrons. The number of nitrogens with one attached hydrogen (secondary N) is 2. The Morgan fingerprint density at radius 1 is 1.37 bits per heavy atom. The second kappa shape index (κ2) is 6.67. The highest BCUT2D eigenvalue weighted by molar-refractivity contribution is 9.11. The average Bonchev–Trinajstić information content (AvgIpc) is 2.37. The number of hydrogen-bond donors (Lipinski definition) is 2. The van der Waals surface area contributed by atoms with Gasteiger partial charge in [0.15, 0.2) is 0 Å². The molecule has 1 aromatic rings. The van der Waals surface area contributed by atoms with Gasteiger partial charge in [-0.15, -0.1) is 0 Å². The summed E-state index contributed by atoms with van der Waals surface area (Å²) < 4.78 is 28.6. The van der Waals surface area contributed by atoms with Crippen molar-refractivity contribution in [3.05, 3.63) is 27.1 Å². The van der Waals surface area contributed by atoms with Crippen LogP contribution in [0.5, 0.6) is 0 Å². The second-order valence-corrected chi connectivity index (χ2v) is 8.14. The van der Waals surface area contributed by atoms with Crippen LogP contribution in [0.25, 0.3) is 0 Å².